The van der Waals surface area contributed by atoms with E-state index in [1.165, 1.54) is 0 Å². The topological polar surface area (TPSA) is 38.3 Å². The number of hydrogen-bond acceptors (Lipinski definition) is 2. The highest BCUT2D eigenvalue weighted by molar-refractivity contribution is 9.09. The van der Waals surface area contributed by atoms with E-state index in [0.29, 0.717) is 17.2 Å². The molecule has 14 heavy (non-hydrogen) atoms. The first-order valence-corrected chi connectivity index (χ1v) is 5.30. The Morgan fingerprint density at radius 3 is 2.50 bits per heavy atom. The molecule has 0 unspecified atom stereocenters. The van der Waals surface area contributed by atoms with Crippen LogP contribution in [0, 0.1) is 0 Å². The number of alkyl carbamates (subject to hydrolysis) is 1. The van der Waals surface area contributed by atoms with Gasteiger partial charge in [0.25, 0.3) is 0 Å². The molecule has 0 aromatic heterocycles. The first-order chi connectivity index (χ1) is 6.39. The number of amides is 1. The summed E-state index contributed by atoms with van der Waals surface area (Å²) in [6, 6.07) is 0. The third-order valence-electron chi connectivity index (χ3n) is 1.19. The molecule has 0 aliphatic rings. The van der Waals surface area contributed by atoms with Crippen LogP contribution < -0.4 is 5.32 Å². The Kier molecular flexibility index (Phi) is 5.76. The van der Waals surface area contributed by atoms with Crippen LogP contribution in [0.4, 0.5) is 9.18 Å². The van der Waals surface area contributed by atoms with Crippen molar-refractivity contribution in [3.63, 3.8) is 0 Å². The Balaban J connectivity index is 3.86. The maximum Gasteiger partial charge on any atom is 0.407 e. The van der Waals surface area contributed by atoms with Crippen molar-refractivity contribution in [2.24, 2.45) is 0 Å². The Bertz CT molecular complexity index is 223. The van der Waals surface area contributed by atoms with Gasteiger partial charge < -0.3 is 10.1 Å². The Morgan fingerprint density at radius 1 is 1.57 bits per heavy atom. The molecule has 82 valence electrons. The molecule has 0 aromatic carbocycles. The zero-order valence-electron chi connectivity index (χ0n) is 8.56. The van der Waals surface area contributed by atoms with Gasteiger partial charge in [0, 0.05) is 16.4 Å². The number of nitrogens with one attached hydrogen (secondary N) is 1. The van der Waals surface area contributed by atoms with Crippen LogP contribution in [-0.4, -0.2) is 23.6 Å². The normalized spacial score (nSPS) is 12.5. The van der Waals surface area contributed by atoms with Gasteiger partial charge >= 0.3 is 6.09 Å². The molecular formula is C9H15BrFNO2. The predicted octanol–water partition coefficient (Wildman–Crippen LogP) is 2.76. The molecule has 0 heterocycles. The summed E-state index contributed by atoms with van der Waals surface area (Å²) in [5, 5.41) is 2.95. The maximum atomic E-state index is 12.0. The molecule has 1 N–H and O–H groups in total. The molecule has 3 nitrogen and oxygen atoms in total. The van der Waals surface area contributed by atoms with Crippen LogP contribution in [0.15, 0.2) is 11.9 Å². The molecule has 0 fully saturated rings. The molecule has 0 aliphatic carbocycles. The summed E-state index contributed by atoms with van der Waals surface area (Å²) >= 11 is 3.07. The number of rotatable bonds is 3. The minimum atomic E-state index is -0.544. The Labute approximate surface area is 91.8 Å². The van der Waals surface area contributed by atoms with E-state index in [0.717, 1.165) is 0 Å². The second-order valence-corrected chi connectivity index (χ2v) is 4.41. The van der Waals surface area contributed by atoms with Gasteiger partial charge in [0.15, 0.2) is 0 Å². The Hall–Kier alpha value is -0.580. The van der Waals surface area contributed by atoms with E-state index in [9.17, 15) is 9.18 Å². The van der Waals surface area contributed by atoms with Gasteiger partial charge in [-0.2, -0.15) is 0 Å². The van der Waals surface area contributed by atoms with Crippen LogP contribution in [0.3, 0.4) is 0 Å². The lowest BCUT2D eigenvalue weighted by Gasteiger charge is -2.19. The fourth-order valence-electron chi connectivity index (χ4n) is 0.600. The van der Waals surface area contributed by atoms with E-state index < -0.39 is 6.09 Å². The fraction of sp³-hybridized carbons (Fsp3) is 0.667. The van der Waals surface area contributed by atoms with Crippen LogP contribution in [0.25, 0.3) is 0 Å². The van der Waals surface area contributed by atoms with Crippen molar-refractivity contribution in [2.45, 2.75) is 26.3 Å². The smallest absolute Gasteiger partial charge is 0.407 e. The van der Waals surface area contributed by atoms with E-state index in [1.54, 1.807) is 0 Å². The number of carbonyl (C=O) groups excluding carboxylic acids is 1. The number of hydrogen-bond donors (Lipinski definition) is 1. The average molecular weight is 268 g/mol. The zero-order valence-corrected chi connectivity index (χ0v) is 10.1. The molecule has 0 rings (SSSR count). The third kappa shape index (κ3) is 6.88. The second-order valence-electron chi connectivity index (χ2n) is 3.85. The minimum absolute atomic E-state index is 0.0380. The summed E-state index contributed by atoms with van der Waals surface area (Å²) in [5.74, 6) is 0. The number of halogens is 2. The summed E-state index contributed by atoms with van der Waals surface area (Å²) in [6.45, 7) is 5.48. The monoisotopic (exact) mass is 267 g/mol. The third-order valence-corrected chi connectivity index (χ3v) is 1.91. The lowest BCUT2D eigenvalue weighted by Crippen LogP contribution is -2.41. The van der Waals surface area contributed by atoms with E-state index in [4.69, 9.17) is 4.74 Å². The molecule has 0 atom stereocenters. The van der Waals surface area contributed by atoms with Crippen molar-refractivity contribution < 1.29 is 13.9 Å². The van der Waals surface area contributed by atoms with Gasteiger partial charge in [0.2, 0.25) is 0 Å². The van der Waals surface area contributed by atoms with E-state index >= 15 is 0 Å². The van der Waals surface area contributed by atoms with Gasteiger partial charge in [-0.1, -0.05) is 15.9 Å². The SMILES string of the molecule is CC(C)(C)NC(=O)OC/C(=C\F)CBr. The van der Waals surface area contributed by atoms with E-state index in [-0.39, 0.29) is 12.1 Å². The highest BCUT2D eigenvalue weighted by Gasteiger charge is 2.14. The second kappa shape index (κ2) is 6.01. The van der Waals surface area contributed by atoms with E-state index in [2.05, 4.69) is 21.2 Å². The van der Waals surface area contributed by atoms with Crippen molar-refractivity contribution in [1.29, 1.82) is 0 Å². The standard InChI is InChI=1S/C9H15BrFNO2/c1-9(2,3)12-8(13)14-6-7(4-10)5-11/h5H,4,6H2,1-3H3,(H,12,13)/b7-5-. The van der Waals surface area contributed by atoms with Crippen LogP contribution in [0.2, 0.25) is 0 Å². The molecular weight excluding hydrogens is 253 g/mol. The number of alkyl halides is 1. The van der Waals surface area contributed by atoms with E-state index in [1.807, 2.05) is 20.8 Å². The highest BCUT2D eigenvalue weighted by Crippen LogP contribution is 2.03. The molecule has 0 saturated carbocycles. The molecule has 5 heteroatoms. The number of carbonyl (C=O) groups is 1. The van der Waals surface area contributed by atoms with Crippen molar-refractivity contribution in [1.82, 2.24) is 5.32 Å². The molecule has 0 saturated heterocycles. The highest BCUT2D eigenvalue weighted by atomic mass is 79.9. The molecule has 0 spiro atoms. The minimum Gasteiger partial charge on any atom is -0.445 e. The maximum absolute atomic E-state index is 12.0. The van der Waals surface area contributed by atoms with Crippen LogP contribution in [-0.2, 0) is 4.74 Å². The van der Waals surface area contributed by atoms with Gasteiger partial charge in [-0.3, -0.25) is 0 Å². The first-order valence-electron chi connectivity index (χ1n) is 4.18. The van der Waals surface area contributed by atoms with Gasteiger partial charge in [-0.05, 0) is 20.8 Å². The van der Waals surface area contributed by atoms with Crippen molar-refractivity contribution in [3.8, 4) is 0 Å². The Morgan fingerprint density at radius 2 is 2.14 bits per heavy atom. The summed E-state index contributed by atoms with van der Waals surface area (Å²) in [7, 11) is 0. The lowest BCUT2D eigenvalue weighted by atomic mass is 10.1. The van der Waals surface area contributed by atoms with Crippen LogP contribution in [0.1, 0.15) is 20.8 Å². The predicted molar refractivity (Wildman–Crippen MR) is 57.2 cm³/mol. The fourth-order valence-corrected chi connectivity index (χ4v) is 0.884. The van der Waals surface area contributed by atoms with Gasteiger partial charge in [-0.25, -0.2) is 9.18 Å². The van der Waals surface area contributed by atoms with Crippen molar-refractivity contribution in [2.75, 3.05) is 11.9 Å². The summed E-state index contributed by atoms with van der Waals surface area (Å²) < 4.78 is 16.8. The van der Waals surface area contributed by atoms with Gasteiger partial charge in [-0.15, -0.1) is 0 Å². The summed E-state index contributed by atoms with van der Waals surface area (Å²) in [5.41, 5.74) is 0.0412. The summed E-state index contributed by atoms with van der Waals surface area (Å²) in [4.78, 5) is 11.1. The molecule has 0 radical (unpaired) electrons. The first kappa shape index (κ1) is 13.4. The molecule has 0 aromatic rings. The molecule has 0 bridgehead atoms. The average Bonchev–Trinajstić information content (AvgIpc) is 2.03. The van der Waals surface area contributed by atoms with Crippen LogP contribution >= 0.6 is 15.9 Å². The van der Waals surface area contributed by atoms with Gasteiger partial charge in [0.05, 0.1) is 6.33 Å². The van der Waals surface area contributed by atoms with Crippen molar-refractivity contribution >= 4 is 22.0 Å². The lowest BCUT2D eigenvalue weighted by molar-refractivity contribution is 0.146. The summed E-state index contributed by atoms with van der Waals surface area (Å²) in [6.07, 6.45) is -0.114. The van der Waals surface area contributed by atoms with Gasteiger partial charge in [0.1, 0.15) is 6.61 Å². The van der Waals surface area contributed by atoms with Crippen LogP contribution in [0.5, 0.6) is 0 Å². The zero-order chi connectivity index (χ0) is 11.2. The largest absolute Gasteiger partial charge is 0.445 e. The van der Waals surface area contributed by atoms with Crippen molar-refractivity contribution in [3.05, 3.63) is 11.9 Å². The quantitative estimate of drug-likeness (QED) is 0.799. The molecule has 1 amide bonds. The number of ether oxygens (including phenoxy) is 1. The molecule has 0 aliphatic heterocycles.